The van der Waals surface area contributed by atoms with Gasteiger partial charge in [0.1, 0.15) is 11.5 Å². The van der Waals surface area contributed by atoms with Crippen LogP contribution >= 0.6 is 23.2 Å². The Hall–Kier alpha value is -2.24. The van der Waals surface area contributed by atoms with Crippen LogP contribution in [0, 0.1) is 11.8 Å². The topological polar surface area (TPSA) is 70.3 Å². The van der Waals surface area contributed by atoms with Gasteiger partial charge in [0.05, 0.1) is 29.8 Å². The summed E-state index contributed by atoms with van der Waals surface area (Å²) < 4.78 is 10.6. The maximum Gasteiger partial charge on any atom is 0.220 e. The molecule has 29 heavy (non-hydrogen) atoms. The molecule has 0 saturated heterocycles. The summed E-state index contributed by atoms with van der Waals surface area (Å²) in [6.07, 6.45) is 7.89. The summed E-state index contributed by atoms with van der Waals surface area (Å²) in [5.74, 6) is 3.62. The smallest absolute Gasteiger partial charge is 0.220 e. The number of rotatable bonds is 3. The molecule has 0 spiro atoms. The molecule has 0 bridgehead atoms. The van der Waals surface area contributed by atoms with Crippen LogP contribution in [0.4, 0.5) is 5.95 Å². The van der Waals surface area contributed by atoms with Crippen LogP contribution in [0.3, 0.4) is 0 Å². The van der Waals surface area contributed by atoms with Crippen LogP contribution in [0.15, 0.2) is 30.5 Å². The fourth-order valence-corrected chi connectivity index (χ4v) is 4.72. The molecule has 2 unspecified atom stereocenters. The number of nitrogen functional groups attached to an aromatic ring is 1. The Morgan fingerprint density at radius 3 is 2.17 bits per heavy atom. The number of methoxy groups -OCH3 is 2. The largest absolute Gasteiger partial charge is 0.495 e. The molecule has 2 N–H and O–H groups in total. The Morgan fingerprint density at radius 2 is 1.66 bits per heavy atom. The van der Waals surface area contributed by atoms with E-state index >= 15 is 0 Å². The van der Waals surface area contributed by atoms with E-state index in [0.717, 1.165) is 16.5 Å². The van der Waals surface area contributed by atoms with Gasteiger partial charge in [-0.3, -0.25) is 0 Å². The first-order chi connectivity index (χ1) is 14.0. The van der Waals surface area contributed by atoms with Crippen molar-refractivity contribution >= 4 is 40.1 Å². The van der Waals surface area contributed by atoms with Gasteiger partial charge in [-0.2, -0.15) is 0 Å². The lowest BCUT2D eigenvalue weighted by Gasteiger charge is -2.15. The zero-order valence-electron chi connectivity index (χ0n) is 16.4. The lowest BCUT2D eigenvalue weighted by molar-refractivity contribution is 0.395. The molecule has 2 aromatic carbocycles. The molecule has 1 heterocycles. The lowest BCUT2D eigenvalue weighted by atomic mass is 10.0. The number of aromatic nitrogens is 2. The maximum atomic E-state index is 6.44. The van der Waals surface area contributed by atoms with Gasteiger partial charge in [0.2, 0.25) is 5.95 Å². The van der Waals surface area contributed by atoms with Crippen molar-refractivity contribution in [3.8, 4) is 22.6 Å². The Morgan fingerprint density at radius 1 is 1.00 bits per heavy atom. The van der Waals surface area contributed by atoms with E-state index in [4.69, 9.17) is 38.4 Å². The first kappa shape index (κ1) is 20.0. The number of fused-ring (bicyclic) bond motifs is 2. The van der Waals surface area contributed by atoms with Gasteiger partial charge in [-0.25, -0.2) is 9.97 Å². The number of nitrogens with zero attached hydrogens (tertiary/aromatic N) is 2. The van der Waals surface area contributed by atoms with Crippen molar-refractivity contribution in [2.75, 3.05) is 20.0 Å². The fourth-order valence-electron chi connectivity index (χ4n) is 4.00. The van der Waals surface area contributed by atoms with Crippen LogP contribution in [0.5, 0.6) is 11.5 Å². The zero-order chi connectivity index (χ0) is 20.5. The second kappa shape index (κ2) is 8.25. The summed E-state index contributed by atoms with van der Waals surface area (Å²) in [6, 6.07) is 7.24. The van der Waals surface area contributed by atoms with Crippen LogP contribution in [0.25, 0.3) is 22.0 Å². The van der Waals surface area contributed by atoms with Crippen LogP contribution < -0.4 is 15.2 Å². The van der Waals surface area contributed by atoms with E-state index in [1.54, 1.807) is 31.5 Å². The molecule has 5 rings (SSSR count). The molecule has 2 saturated carbocycles. The van der Waals surface area contributed by atoms with Gasteiger partial charge in [0, 0.05) is 23.2 Å². The van der Waals surface area contributed by atoms with E-state index in [9.17, 15) is 0 Å². The number of benzene rings is 2. The van der Waals surface area contributed by atoms with Gasteiger partial charge in [-0.05, 0) is 36.0 Å². The summed E-state index contributed by atoms with van der Waals surface area (Å²) in [5, 5.41) is 1.65. The number of halogens is 2. The van der Waals surface area contributed by atoms with Crippen molar-refractivity contribution in [2.45, 2.75) is 25.7 Å². The first-order valence-corrected chi connectivity index (χ1v) is 10.4. The predicted octanol–water partition coefficient (Wildman–Crippen LogP) is 6.01. The van der Waals surface area contributed by atoms with Crippen LogP contribution in [0.1, 0.15) is 25.7 Å². The third kappa shape index (κ3) is 4.07. The van der Waals surface area contributed by atoms with Crippen molar-refractivity contribution in [1.82, 2.24) is 9.97 Å². The van der Waals surface area contributed by atoms with Gasteiger partial charge < -0.3 is 15.2 Å². The van der Waals surface area contributed by atoms with Crippen LogP contribution in [-0.2, 0) is 0 Å². The van der Waals surface area contributed by atoms with Crippen LogP contribution in [0.2, 0.25) is 10.0 Å². The van der Waals surface area contributed by atoms with E-state index in [1.807, 2.05) is 18.2 Å². The van der Waals surface area contributed by atoms with Crippen molar-refractivity contribution in [3.63, 3.8) is 0 Å². The summed E-state index contributed by atoms with van der Waals surface area (Å²) in [7, 11) is 3.07. The molecule has 1 aromatic heterocycles. The Kier molecular flexibility index (Phi) is 5.70. The highest BCUT2D eigenvalue weighted by molar-refractivity contribution is 6.41. The van der Waals surface area contributed by atoms with Gasteiger partial charge in [-0.15, -0.1) is 0 Å². The molecule has 0 aliphatic heterocycles. The Bertz CT molecular complexity index is 1020. The lowest BCUT2D eigenvalue weighted by Crippen LogP contribution is -1.95. The quantitative estimate of drug-likeness (QED) is 0.549. The van der Waals surface area contributed by atoms with Crippen LogP contribution in [-0.4, -0.2) is 24.2 Å². The maximum absolute atomic E-state index is 6.44. The average Bonchev–Trinajstić information content (AvgIpc) is 3.33. The molecule has 2 fully saturated rings. The normalized spacial score (nSPS) is 19.3. The zero-order valence-corrected chi connectivity index (χ0v) is 17.9. The third-order valence-corrected chi connectivity index (χ3v) is 6.43. The molecule has 3 aromatic rings. The van der Waals surface area contributed by atoms with Crippen molar-refractivity contribution in [1.29, 1.82) is 0 Å². The molecule has 2 aliphatic carbocycles. The molecular formula is C22H23Cl2N3O2. The van der Waals surface area contributed by atoms with Gasteiger partial charge in [-0.1, -0.05) is 48.5 Å². The summed E-state index contributed by atoms with van der Waals surface area (Å²) >= 11 is 12.9. The number of hydrogen-bond donors (Lipinski definition) is 1. The van der Waals surface area contributed by atoms with Gasteiger partial charge in [0.25, 0.3) is 0 Å². The van der Waals surface area contributed by atoms with E-state index in [1.165, 1.54) is 32.5 Å². The number of ether oxygens (including phenoxy) is 2. The minimum Gasteiger partial charge on any atom is -0.495 e. The second-order valence-corrected chi connectivity index (χ2v) is 8.23. The standard InChI is InChI=1S/C16H13Cl2N3O2.C6H10/c1-22-11-6-12(23-2)15(18)13(14(11)17)8-3-4-10-9(5-8)7-20-16(19)21-10;1-2-5-4-6(5)3-1/h3-7H,1-2H3,(H2,19,20,21);5-6H,1-4H2. The van der Waals surface area contributed by atoms with Gasteiger partial charge >= 0.3 is 0 Å². The molecule has 7 heteroatoms. The summed E-state index contributed by atoms with van der Waals surface area (Å²) in [5.41, 5.74) is 7.77. The first-order valence-electron chi connectivity index (χ1n) is 9.64. The SMILES string of the molecule is C1CC2CC2C1.COc1cc(OC)c(Cl)c(-c2ccc3nc(N)ncc3c2)c1Cl. The van der Waals surface area contributed by atoms with E-state index in [0.29, 0.717) is 27.1 Å². The summed E-state index contributed by atoms with van der Waals surface area (Å²) in [4.78, 5) is 8.18. The fraction of sp³-hybridized carbons (Fsp3) is 0.364. The van der Waals surface area contributed by atoms with Crippen molar-refractivity contribution in [2.24, 2.45) is 11.8 Å². The highest BCUT2D eigenvalue weighted by Gasteiger charge is 2.40. The Labute approximate surface area is 180 Å². The molecule has 2 aliphatic rings. The molecule has 0 radical (unpaired) electrons. The number of hydrogen-bond acceptors (Lipinski definition) is 5. The van der Waals surface area contributed by atoms with E-state index in [-0.39, 0.29) is 5.95 Å². The van der Waals surface area contributed by atoms with E-state index < -0.39 is 0 Å². The predicted molar refractivity (Wildman–Crippen MR) is 118 cm³/mol. The summed E-state index contributed by atoms with van der Waals surface area (Å²) in [6.45, 7) is 0. The van der Waals surface area contributed by atoms with E-state index in [2.05, 4.69) is 9.97 Å². The molecule has 0 amide bonds. The minimum atomic E-state index is 0.226. The number of nitrogens with two attached hydrogens (primary N) is 1. The highest BCUT2D eigenvalue weighted by atomic mass is 35.5. The monoisotopic (exact) mass is 431 g/mol. The van der Waals surface area contributed by atoms with Crippen molar-refractivity contribution < 1.29 is 9.47 Å². The molecular weight excluding hydrogens is 409 g/mol. The second-order valence-electron chi connectivity index (χ2n) is 7.47. The Balaban J connectivity index is 0.000000286. The molecule has 2 atom stereocenters. The third-order valence-electron chi connectivity index (χ3n) is 5.68. The van der Waals surface area contributed by atoms with Crippen molar-refractivity contribution in [3.05, 3.63) is 40.5 Å². The highest BCUT2D eigenvalue weighted by Crippen LogP contribution is 2.51. The van der Waals surface area contributed by atoms with Gasteiger partial charge in [0.15, 0.2) is 0 Å². The average molecular weight is 432 g/mol. The number of anilines is 1. The molecule has 5 nitrogen and oxygen atoms in total. The molecule has 152 valence electrons. The minimum absolute atomic E-state index is 0.226.